The number of rotatable bonds is 8. The van der Waals surface area contributed by atoms with Crippen LogP contribution < -0.4 is 0 Å². The maximum atomic E-state index is 13.2. The van der Waals surface area contributed by atoms with Gasteiger partial charge in [-0.15, -0.1) is 0 Å². The molecule has 1 aromatic carbocycles. The van der Waals surface area contributed by atoms with Crippen molar-refractivity contribution in [2.24, 2.45) is 0 Å². The average Bonchev–Trinajstić information content (AvgIpc) is 3.38. The van der Waals surface area contributed by atoms with Gasteiger partial charge >= 0.3 is 6.09 Å². The van der Waals surface area contributed by atoms with Crippen LogP contribution in [0.15, 0.2) is 24.3 Å². The van der Waals surface area contributed by atoms with E-state index in [1.54, 1.807) is 4.90 Å². The number of hydrogen-bond acceptors (Lipinski definition) is 6. The van der Waals surface area contributed by atoms with E-state index in [4.69, 9.17) is 23.9 Å². The number of nitrogens with zero attached hydrogens (tertiary/aromatic N) is 3. The molecule has 1 atom stereocenters. The number of ether oxygens (including phenoxy) is 4. The smallest absolute Gasteiger partial charge is 0.410 e. The van der Waals surface area contributed by atoms with Gasteiger partial charge in [0.05, 0.1) is 11.7 Å². The van der Waals surface area contributed by atoms with Crippen molar-refractivity contribution in [3.05, 3.63) is 41.3 Å². The monoisotopic (exact) mass is 529 g/mol. The van der Waals surface area contributed by atoms with Gasteiger partial charge in [-0.3, -0.25) is 4.90 Å². The highest BCUT2D eigenvalue weighted by atomic mass is 28.3. The van der Waals surface area contributed by atoms with Crippen LogP contribution in [-0.2, 0) is 25.7 Å². The van der Waals surface area contributed by atoms with Gasteiger partial charge in [-0.25, -0.2) is 9.78 Å². The van der Waals surface area contributed by atoms with Crippen LogP contribution in [0.1, 0.15) is 70.0 Å². The molecule has 0 bridgehead atoms. The lowest BCUT2D eigenvalue weighted by molar-refractivity contribution is -0.384. The van der Waals surface area contributed by atoms with Crippen molar-refractivity contribution < 1.29 is 23.7 Å². The Bertz CT molecular complexity index is 1080. The van der Waals surface area contributed by atoms with Crippen LogP contribution in [0.5, 0.6) is 0 Å². The highest BCUT2D eigenvalue weighted by Gasteiger charge is 2.41. The number of likely N-dealkylation sites (tertiary alicyclic amines) is 1. The summed E-state index contributed by atoms with van der Waals surface area (Å²) >= 11 is 0. The molecule has 0 saturated carbocycles. The largest absolute Gasteiger partial charge is 0.444 e. The summed E-state index contributed by atoms with van der Waals surface area (Å²) in [6.45, 7) is 18.3. The first kappa shape index (κ1) is 27.8. The first-order valence-corrected chi connectivity index (χ1v) is 17.1. The molecule has 2 aliphatic heterocycles. The summed E-state index contributed by atoms with van der Waals surface area (Å²) < 4.78 is 26.0. The second kappa shape index (κ2) is 10.9. The highest BCUT2D eigenvalue weighted by Crippen LogP contribution is 2.42. The molecule has 3 heterocycles. The zero-order valence-electron chi connectivity index (χ0n) is 23.7. The van der Waals surface area contributed by atoms with Gasteiger partial charge in [0.1, 0.15) is 23.9 Å². The molecular formula is C28H43N3O5Si. The van der Waals surface area contributed by atoms with E-state index < -0.39 is 20.0 Å². The summed E-state index contributed by atoms with van der Waals surface area (Å²) in [4.78, 5) is 20.1. The van der Waals surface area contributed by atoms with Crippen LogP contribution in [-0.4, -0.2) is 53.7 Å². The number of hydrogen-bond donors (Lipinski definition) is 0. The quantitative estimate of drug-likeness (QED) is 0.282. The van der Waals surface area contributed by atoms with E-state index >= 15 is 0 Å². The molecule has 204 valence electrons. The fraction of sp³-hybridized carbons (Fsp3) is 0.643. The van der Waals surface area contributed by atoms with E-state index in [1.807, 2.05) is 27.7 Å². The van der Waals surface area contributed by atoms with Crippen molar-refractivity contribution >= 4 is 14.2 Å². The van der Waals surface area contributed by atoms with Gasteiger partial charge in [0.25, 0.3) is 0 Å². The summed E-state index contributed by atoms with van der Waals surface area (Å²) in [5.41, 5.74) is 3.23. The number of carbonyl (C=O) groups excluding carboxylic acids is 1. The molecule has 4 rings (SSSR count). The Balaban J connectivity index is 1.74. The zero-order chi connectivity index (χ0) is 27.0. The Labute approximate surface area is 222 Å². The first-order chi connectivity index (χ1) is 17.3. The summed E-state index contributed by atoms with van der Waals surface area (Å²) in [5, 5.41) is 0. The Hall–Kier alpha value is -2.20. The summed E-state index contributed by atoms with van der Waals surface area (Å²) in [6, 6.07) is 9.16. The highest BCUT2D eigenvalue weighted by molar-refractivity contribution is 6.76. The third-order valence-corrected chi connectivity index (χ3v) is 8.31. The average molecular weight is 530 g/mol. The number of aromatic nitrogens is 2. The summed E-state index contributed by atoms with van der Waals surface area (Å²) in [7, 11) is -1.25. The SMILES string of the molecule is Cc1ccc(-c2nc(C3CCCN3C(=O)OC(C)(C)C)n(COCC[Si](C)(C)C)c2C2OC(C)O2)cc1. The van der Waals surface area contributed by atoms with Crippen molar-refractivity contribution in [3.63, 3.8) is 0 Å². The second-order valence-electron chi connectivity index (χ2n) is 12.3. The molecule has 9 heteroatoms. The third-order valence-electron chi connectivity index (χ3n) is 6.61. The van der Waals surface area contributed by atoms with E-state index in [-0.39, 0.29) is 18.4 Å². The molecule has 0 spiro atoms. The van der Waals surface area contributed by atoms with Crippen LogP contribution in [0.25, 0.3) is 11.3 Å². The minimum atomic E-state index is -1.25. The molecule has 1 amide bonds. The van der Waals surface area contributed by atoms with Gasteiger partial charge in [-0.1, -0.05) is 49.5 Å². The second-order valence-corrected chi connectivity index (χ2v) is 18.0. The Morgan fingerprint density at radius 3 is 2.43 bits per heavy atom. The molecule has 1 unspecified atom stereocenters. The standard InChI is InChI=1S/C28H43N3O5Si/c1-19-11-13-21(14-12-19)23-24(26-34-20(2)35-26)31(18-33-16-17-37(6,7)8)25(29-23)22-10-9-15-30(22)27(32)36-28(3,4)5/h11-14,20,22,26H,9-10,15-18H2,1-8H3. The first-order valence-electron chi connectivity index (χ1n) is 13.4. The third kappa shape index (κ3) is 6.82. The fourth-order valence-electron chi connectivity index (χ4n) is 4.63. The maximum Gasteiger partial charge on any atom is 0.410 e. The molecule has 0 N–H and O–H groups in total. The Morgan fingerprint density at radius 2 is 1.84 bits per heavy atom. The van der Waals surface area contributed by atoms with Crippen LogP contribution in [0.4, 0.5) is 4.79 Å². The van der Waals surface area contributed by atoms with Crippen molar-refractivity contribution in [1.82, 2.24) is 14.5 Å². The lowest BCUT2D eigenvalue weighted by Gasteiger charge is -2.35. The number of amides is 1. The molecule has 1 aromatic heterocycles. The molecule has 2 saturated heterocycles. The van der Waals surface area contributed by atoms with E-state index in [0.717, 1.165) is 41.7 Å². The van der Waals surface area contributed by atoms with Gasteiger partial charge in [0.15, 0.2) is 6.29 Å². The van der Waals surface area contributed by atoms with Crippen molar-refractivity contribution in [1.29, 1.82) is 0 Å². The van der Waals surface area contributed by atoms with Crippen molar-refractivity contribution in [3.8, 4) is 11.3 Å². The van der Waals surface area contributed by atoms with Crippen LogP contribution in [0, 0.1) is 6.92 Å². The van der Waals surface area contributed by atoms with Crippen LogP contribution >= 0.6 is 0 Å². The Morgan fingerprint density at radius 1 is 1.16 bits per heavy atom. The van der Waals surface area contributed by atoms with Crippen molar-refractivity contribution in [2.75, 3.05) is 13.2 Å². The lowest BCUT2D eigenvalue weighted by Crippen LogP contribution is -2.38. The van der Waals surface area contributed by atoms with E-state index in [9.17, 15) is 4.79 Å². The van der Waals surface area contributed by atoms with Crippen molar-refractivity contribution in [2.45, 2.75) is 104 Å². The van der Waals surface area contributed by atoms with Gasteiger partial charge < -0.3 is 23.5 Å². The predicted octanol–water partition coefficient (Wildman–Crippen LogP) is 6.63. The molecular weight excluding hydrogens is 486 g/mol. The number of aryl methyl sites for hydroxylation is 1. The lowest BCUT2D eigenvalue weighted by atomic mass is 10.1. The molecule has 2 fully saturated rings. The van der Waals surface area contributed by atoms with E-state index in [2.05, 4.69) is 55.4 Å². The topological polar surface area (TPSA) is 75.1 Å². The molecule has 0 aliphatic carbocycles. The minimum absolute atomic E-state index is 0.217. The van der Waals surface area contributed by atoms with Gasteiger partial charge in [0, 0.05) is 26.8 Å². The molecule has 37 heavy (non-hydrogen) atoms. The predicted molar refractivity (Wildman–Crippen MR) is 146 cm³/mol. The van der Waals surface area contributed by atoms with Gasteiger partial charge in [-0.05, 0) is 53.5 Å². The van der Waals surface area contributed by atoms with Gasteiger partial charge in [-0.2, -0.15) is 0 Å². The molecule has 2 aromatic rings. The number of benzene rings is 1. The normalized spacial score (nSPS) is 22.3. The van der Waals surface area contributed by atoms with E-state index in [0.29, 0.717) is 19.9 Å². The van der Waals surface area contributed by atoms with Crippen LogP contribution in [0.3, 0.4) is 0 Å². The molecule has 0 radical (unpaired) electrons. The summed E-state index contributed by atoms with van der Waals surface area (Å²) in [5.74, 6) is 0.786. The number of carbonyl (C=O) groups is 1. The molecule has 2 aliphatic rings. The van der Waals surface area contributed by atoms with Gasteiger partial charge in [0.2, 0.25) is 6.29 Å². The number of imidazole rings is 1. The summed E-state index contributed by atoms with van der Waals surface area (Å²) in [6.07, 6.45) is 0.563. The fourth-order valence-corrected chi connectivity index (χ4v) is 5.39. The van der Waals surface area contributed by atoms with Crippen LogP contribution in [0.2, 0.25) is 25.7 Å². The van der Waals surface area contributed by atoms with E-state index in [1.165, 1.54) is 5.56 Å². The minimum Gasteiger partial charge on any atom is -0.444 e. The zero-order valence-corrected chi connectivity index (χ0v) is 24.7. The Kier molecular flexibility index (Phi) is 8.18. The molecule has 8 nitrogen and oxygen atoms in total. The maximum absolute atomic E-state index is 13.2.